The number of carbonyl (C=O) groups excluding carboxylic acids is 2. The first-order valence-electron chi connectivity index (χ1n) is 11.3. The first-order valence-corrected chi connectivity index (χ1v) is 11.7. The summed E-state index contributed by atoms with van der Waals surface area (Å²) in [6.45, 7) is 0.807. The van der Waals surface area contributed by atoms with E-state index in [1.54, 1.807) is 53.7 Å². The van der Waals surface area contributed by atoms with Crippen molar-refractivity contribution in [3.8, 4) is 0 Å². The Morgan fingerprint density at radius 3 is 2.46 bits per heavy atom. The van der Waals surface area contributed by atoms with Crippen molar-refractivity contribution in [2.24, 2.45) is 0 Å². The fourth-order valence-electron chi connectivity index (χ4n) is 4.47. The van der Waals surface area contributed by atoms with Crippen LogP contribution in [0.1, 0.15) is 39.1 Å². The average Bonchev–Trinajstić information content (AvgIpc) is 2.89. The van der Waals surface area contributed by atoms with Crippen molar-refractivity contribution in [2.45, 2.75) is 18.4 Å². The Morgan fingerprint density at radius 2 is 1.71 bits per heavy atom. The van der Waals surface area contributed by atoms with E-state index in [2.05, 4.69) is 15.3 Å². The quantitative estimate of drug-likeness (QED) is 0.437. The molecule has 176 valence electrons. The number of anilines is 1. The van der Waals surface area contributed by atoms with Crippen LogP contribution in [0.4, 0.5) is 5.69 Å². The Hall–Kier alpha value is -3.81. The number of para-hydroxylation sites is 1. The Morgan fingerprint density at radius 1 is 0.971 bits per heavy atom. The van der Waals surface area contributed by atoms with E-state index in [0.717, 1.165) is 5.39 Å². The summed E-state index contributed by atoms with van der Waals surface area (Å²) in [4.78, 5) is 35.9. The topological polar surface area (TPSA) is 95.4 Å². The minimum atomic E-state index is -1.08. The highest BCUT2D eigenvalue weighted by Crippen LogP contribution is 2.36. The predicted octanol–water partition coefficient (Wildman–Crippen LogP) is 4.66. The van der Waals surface area contributed by atoms with Crippen LogP contribution in [0.5, 0.6) is 0 Å². The standard InChI is InChI=1S/C27H23ClN4O3/c28-23-17-29-14-10-22(23)27(35)11-15-32(16-12-27)26(34)19-6-8-20(9-7-19)31-25(33)21-5-1-3-18-4-2-13-30-24(18)21/h1-10,13-14,17,35H,11-12,15-16H2,(H,31,33). The summed E-state index contributed by atoms with van der Waals surface area (Å²) in [6.07, 6.45) is 5.55. The van der Waals surface area contributed by atoms with Crippen molar-refractivity contribution < 1.29 is 14.7 Å². The van der Waals surface area contributed by atoms with E-state index in [0.29, 0.717) is 58.8 Å². The van der Waals surface area contributed by atoms with Crippen LogP contribution in [0.25, 0.3) is 10.9 Å². The third-order valence-corrected chi connectivity index (χ3v) is 6.72. The maximum Gasteiger partial charge on any atom is 0.257 e. The van der Waals surface area contributed by atoms with Gasteiger partial charge in [-0.2, -0.15) is 0 Å². The summed E-state index contributed by atoms with van der Waals surface area (Å²) in [5.74, 6) is -0.387. The number of halogens is 1. The van der Waals surface area contributed by atoms with E-state index in [4.69, 9.17) is 11.6 Å². The summed E-state index contributed by atoms with van der Waals surface area (Å²) < 4.78 is 0. The van der Waals surface area contributed by atoms with Crippen LogP contribution in [0.15, 0.2) is 79.3 Å². The third kappa shape index (κ3) is 4.60. The Balaban J connectivity index is 1.24. The second kappa shape index (κ2) is 9.44. The average molecular weight is 487 g/mol. The Bertz CT molecular complexity index is 1390. The molecule has 1 saturated heterocycles. The fraction of sp³-hybridized carbons (Fsp3) is 0.185. The highest BCUT2D eigenvalue weighted by atomic mass is 35.5. The largest absolute Gasteiger partial charge is 0.385 e. The summed E-state index contributed by atoms with van der Waals surface area (Å²) in [5, 5.41) is 15.3. The molecule has 2 aromatic carbocycles. The van der Waals surface area contributed by atoms with Crippen LogP contribution in [-0.4, -0.2) is 44.9 Å². The molecule has 0 spiro atoms. The molecule has 0 bridgehead atoms. The molecule has 4 aromatic rings. The van der Waals surface area contributed by atoms with Gasteiger partial charge in [0, 0.05) is 53.9 Å². The summed E-state index contributed by atoms with van der Waals surface area (Å²) in [6, 6.07) is 17.7. The molecule has 1 fully saturated rings. The molecule has 2 aromatic heterocycles. The number of benzene rings is 2. The molecule has 1 aliphatic rings. The SMILES string of the molecule is O=C(Nc1ccc(C(=O)N2CCC(O)(c3ccncc3Cl)CC2)cc1)c1cccc2cccnc12. The smallest absolute Gasteiger partial charge is 0.257 e. The number of rotatable bonds is 4. The Kier molecular flexibility index (Phi) is 6.19. The number of likely N-dealkylation sites (tertiary alicyclic amines) is 1. The molecule has 2 N–H and O–H groups in total. The van der Waals surface area contributed by atoms with E-state index in [9.17, 15) is 14.7 Å². The van der Waals surface area contributed by atoms with Crippen molar-refractivity contribution in [3.05, 3.63) is 101 Å². The lowest BCUT2D eigenvalue weighted by atomic mass is 9.84. The first-order chi connectivity index (χ1) is 16.9. The fourth-order valence-corrected chi connectivity index (χ4v) is 4.76. The number of amides is 2. The zero-order chi connectivity index (χ0) is 24.4. The van der Waals surface area contributed by atoms with Gasteiger partial charge in [0.2, 0.25) is 0 Å². The summed E-state index contributed by atoms with van der Waals surface area (Å²) in [7, 11) is 0. The maximum absolute atomic E-state index is 13.0. The van der Waals surface area contributed by atoms with Crippen LogP contribution in [0.3, 0.4) is 0 Å². The molecule has 0 atom stereocenters. The van der Waals surface area contributed by atoms with Gasteiger partial charge in [-0.25, -0.2) is 0 Å². The highest BCUT2D eigenvalue weighted by molar-refractivity contribution is 6.31. The zero-order valence-electron chi connectivity index (χ0n) is 18.8. The van der Waals surface area contributed by atoms with Crippen molar-refractivity contribution >= 4 is 40.0 Å². The summed E-state index contributed by atoms with van der Waals surface area (Å²) >= 11 is 6.22. The number of fused-ring (bicyclic) bond motifs is 1. The maximum atomic E-state index is 13.0. The second-order valence-corrected chi connectivity index (χ2v) is 9.00. The number of pyridine rings is 2. The number of aromatic nitrogens is 2. The monoisotopic (exact) mass is 486 g/mol. The van der Waals surface area contributed by atoms with Gasteiger partial charge in [-0.1, -0.05) is 29.8 Å². The molecule has 5 rings (SSSR count). The molecule has 8 heteroatoms. The van der Waals surface area contributed by atoms with Gasteiger partial charge < -0.3 is 15.3 Å². The van der Waals surface area contributed by atoms with Gasteiger partial charge in [-0.15, -0.1) is 0 Å². The molecule has 0 unspecified atom stereocenters. The molecule has 0 radical (unpaired) electrons. The van der Waals surface area contributed by atoms with Crippen LogP contribution in [-0.2, 0) is 5.60 Å². The molecule has 35 heavy (non-hydrogen) atoms. The number of nitrogens with zero attached hydrogens (tertiary/aromatic N) is 3. The number of hydrogen-bond donors (Lipinski definition) is 2. The van der Waals surface area contributed by atoms with Gasteiger partial charge in [-0.05, 0) is 55.3 Å². The van der Waals surface area contributed by atoms with Crippen LogP contribution >= 0.6 is 11.6 Å². The molecular weight excluding hydrogens is 464 g/mol. The van der Waals surface area contributed by atoms with E-state index >= 15 is 0 Å². The number of aliphatic hydroxyl groups is 1. The van der Waals surface area contributed by atoms with Gasteiger partial charge >= 0.3 is 0 Å². The highest BCUT2D eigenvalue weighted by Gasteiger charge is 2.37. The van der Waals surface area contributed by atoms with Crippen molar-refractivity contribution in [1.29, 1.82) is 0 Å². The van der Waals surface area contributed by atoms with E-state index in [1.807, 2.05) is 24.3 Å². The minimum Gasteiger partial charge on any atom is -0.385 e. The molecule has 1 aliphatic heterocycles. The van der Waals surface area contributed by atoms with Gasteiger partial charge in [0.1, 0.15) is 0 Å². The molecule has 7 nitrogen and oxygen atoms in total. The number of nitrogens with one attached hydrogen (secondary N) is 1. The third-order valence-electron chi connectivity index (χ3n) is 6.42. The molecule has 0 aliphatic carbocycles. The lowest BCUT2D eigenvalue weighted by Gasteiger charge is -2.38. The van der Waals surface area contributed by atoms with E-state index < -0.39 is 5.60 Å². The van der Waals surface area contributed by atoms with Gasteiger partial charge in [0.25, 0.3) is 11.8 Å². The Labute approximate surface area is 207 Å². The second-order valence-electron chi connectivity index (χ2n) is 8.59. The number of carbonyl (C=O) groups is 2. The predicted molar refractivity (Wildman–Crippen MR) is 134 cm³/mol. The van der Waals surface area contributed by atoms with Gasteiger partial charge in [0.15, 0.2) is 0 Å². The molecule has 2 amide bonds. The lowest BCUT2D eigenvalue weighted by molar-refractivity contribution is -0.0211. The normalized spacial score (nSPS) is 15.1. The van der Waals surface area contributed by atoms with Gasteiger partial charge in [-0.3, -0.25) is 19.6 Å². The summed E-state index contributed by atoms with van der Waals surface area (Å²) in [5.41, 5.74) is 1.78. The first kappa shape index (κ1) is 23.0. The zero-order valence-corrected chi connectivity index (χ0v) is 19.6. The lowest BCUT2D eigenvalue weighted by Crippen LogP contribution is -2.45. The molecule has 0 saturated carbocycles. The minimum absolute atomic E-state index is 0.121. The van der Waals surface area contributed by atoms with Gasteiger partial charge in [0.05, 0.1) is 21.7 Å². The van der Waals surface area contributed by atoms with Crippen LogP contribution in [0, 0.1) is 0 Å². The number of hydrogen-bond acceptors (Lipinski definition) is 5. The molecular formula is C27H23ClN4O3. The van der Waals surface area contributed by atoms with Crippen LogP contribution < -0.4 is 5.32 Å². The van der Waals surface area contributed by atoms with Crippen molar-refractivity contribution in [1.82, 2.24) is 14.9 Å². The van der Waals surface area contributed by atoms with Crippen molar-refractivity contribution in [3.63, 3.8) is 0 Å². The van der Waals surface area contributed by atoms with Crippen LogP contribution in [0.2, 0.25) is 5.02 Å². The molecule has 3 heterocycles. The van der Waals surface area contributed by atoms with Crippen molar-refractivity contribution in [2.75, 3.05) is 18.4 Å². The number of piperidine rings is 1. The van der Waals surface area contributed by atoms with E-state index in [-0.39, 0.29) is 11.8 Å². The van der Waals surface area contributed by atoms with E-state index in [1.165, 1.54) is 6.20 Å².